The minimum atomic E-state index is -0.544. The molecular weight excluding hydrogens is 385 g/mol. The number of rotatable bonds is 2. The van der Waals surface area contributed by atoms with E-state index in [2.05, 4.69) is 25.8 Å². The second-order valence-electron chi connectivity index (χ2n) is 5.26. The molecular formula is C16H14BrClFN3O. The van der Waals surface area contributed by atoms with Crippen molar-refractivity contribution in [2.45, 2.75) is 0 Å². The van der Waals surface area contributed by atoms with Crippen LogP contribution in [0.5, 0.6) is 0 Å². The predicted molar refractivity (Wildman–Crippen MR) is 91.5 cm³/mol. The summed E-state index contributed by atoms with van der Waals surface area (Å²) in [5.41, 5.74) is 1.02. The van der Waals surface area contributed by atoms with Gasteiger partial charge in [0.05, 0.1) is 17.4 Å². The summed E-state index contributed by atoms with van der Waals surface area (Å²) in [5.74, 6) is -0.866. The number of nitrogens with zero attached hydrogens (tertiary/aromatic N) is 3. The van der Waals surface area contributed by atoms with E-state index in [-0.39, 0.29) is 11.5 Å². The Labute approximate surface area is 147 Å². The molecule has 120 valence electrons. The first-order valence-corrected chi connectivity index (χ1v) is 8.31. The highest BCUT2D eigenvalue weighted by Crippen LogP contribution is 2.21. The summed E-state index contributed by atoms with van der Waals surface area (Å²) in [6.45, 7) is 2.40. The highest BCUT2D eigenvalue weighted by molar-refractivity contribution is 9.10. The van der Waals surface area contributed by atoms with Gasteiger partial charge in [-0.1, -0.05) is 11.6 Å². The van der Waals surface area contributed by atoms with Crippen LogP contribution in [0, 0.1) is 5.82 Å². The Kier molecular flexibility index (Phi) is 4.82. The molecule has 1 aliphatic rings. The van der Waals surface area contributed by atoms with Gasteiger partial charge in [-0.2, -0.15) is 0 Å². The summed E-state index contributed by atoms with van der Waals surface area (Å²) >= 11 is 9.26. The largest absolute Gasteiger partial charge is 0.367 e. The Balaban J connectivity index is 1.69. The van der Waals surface area contributed by atoms with Gasteiger partial charge in [0.2, 0.25) is 0 Å². The lowest BCUT2D eigenvalue weighted by atomic mass is 10.1. The molecule has 23 heavy (non-hydrogen) atoms. The quantitative estimate of drug-likeness (QED) is 0.775. The first-order chi connectivity index (χ1) is 11.0. The van der Waals surface area contributed by atoms with E-state index in [1.807, 2.05) is 6.07 Å². The van der Waals surface area contributed by atoms with E-state index in [0.29, 0.717) is 31.2 Å². The number of aromatic nitrogens is 1. The number of halogens is 3. The van der Waals surface area contributed by atoms with Crippen LogP contribution in [0.25, 0.3) is 0 Å². The molecule has 2 heterocycles. The van der Waals surface area contributed by atoms with Crippen molar-refractivity contribution in [2.24, 2.45) is 0 Å². The summed E-state index contributed by atoms with van der Waals surface area (Å²) in [7, 11) is 0. The van der Waals surface area contributed by atoms with Gasteiger partial charge in [0.15, 0.2) is 0 Å². The molecule has 1 fully saturated rings. The van der Waals surface area contributed by atoms with Crippen molar-refractivity contribution in [3.8, 4) is 0 Å². The van der Waals surface area contributed by atoms with Gasteiger partial charge in [0, 0.05) is 41.9 Å². The number of amides is 1. The molecule has 1 saturated heterocycles. The Bertz CT molecular complexity index is 735. The van der Waals surface area contributed by atoms with Crippen molar-refractivity contribution in [2.75, 3.05) is 31.1 Å². The number of piperazine rings is 1. The molecule has 7 heteroatoms. The number of carbonyl (C=O) groups excluding carboxylic acids is 1. The third-order valence-corrected chi connectivity index (χ3v) is 4.45. The van der Waals surface area contributed by atoms with Crippen LogP contribution in [0.2, 0.25) is 5.02 Å². The van der Waals surface area contributed by atoms with Crippen LogP contribution in [0.3, 0.4) is 0 Å². The predicted octanol–water partition coefficient (Wildman–Crippen LogP) is 3.60. The van der Waals surface area contributed by atoms with E-state index < -0.39 is 5.82 Å². The summed E-state index contributed by atoms with van der Waals surface area (Å²) in [6, 6.07) is 6.02. The summed E-state index contributed by atoms with van der Waals surface area (Å²) in [5, 5.41) is 0.355. The second kappa shape index (κ2) is 6.84. The molecule has 3 rings (SSSR count). The Morgan fingerprint density at radius 3 is 2.61 bits per heavy atom. The molecule has 4 nitrogen and oxygen atoms in total. The van der Waals surface area contributed by atoms with Gasteiger partial charge in [0.25, 0.3) is 5.91 Å². The number of pyridine rings is 1. The molecule has 0 spiro atoms. The van der Waals surface area contributed by atoms with Crippen LogP contribution in [0.1, 0.15) is 10.4 Å². The number of anilines is 1. The molecule has 0 unspecified atom stereocenters. The van der Waals surface area contributed by atoms with Gasteiger partial charge >= 0.3 is 0 Å². The van der Waals surface area contributed by atoms with Crippen molar-refractivity contribution in [1.29, 1.82) is 0 Å². The lowest BCUT2D eigenvalue weighted by molar-refractivity contribution is 0.0742. The highest BCUT2D eigenvalue weighted by atomic mass is 79.9. The standard InChI is InChI=1S/C16H14BrClFN3O/c17-11-7-13(10-20-9-11)21-3-5-22(6-4-21)16(23)14-8-12(18)1-2-15(14)19/h1-2,7-10H,3-6H2. The number of carbonyl (C=O) groups is 1. The molecule has 0 N–H and O–H groups in total. The van der Waals surface area contributed by atoms with Gasteiger partial charge < -0.3 is 9.80 Å². The Hall–Kier alpha value is -1.66. The molecule has 0 radical (unpaired) electrons. The van der Waals surface area contributed by atoms with Crippen molar-refractivity contribution >= 4 is 39.1 Å². The lowest BCUT2D eigenvalue weighted by Crippen LogP contribution is -2.49. The molecule has 1 aliphatic heterocycles. The smallest absolute Gasteiger partial charge is 0.257 e. The fraction of sp³-hybridized carbons (Fsp3) is 0.250. The molecule has 1 aromatic carbocycles. The fourth-order valence-corrected chi connectivity index (χ4v) is 3.10. The van der Waals surface area contributed by atoms with E-state index in [4.69, 9.17) is 11.6 Å². The SMILES string of the molecule is O=C(c1cc(Cl)ccc1F)N1CCN(c2cncc(Br)c2)CC1. The number of hydrogen-bond donors (Lipinski definition) is 0. The number of hydrogen-bond acceptors (Lipinski definition) is 3. The van der Waals surface area contributed by atoms with Crippen molar-refractivity contribution in [1.82, 2.24) is 9.88 Å². The van der Waals surface area contributed by atoms with Crippen molar-refractivity contribution in [3.63, 3.8) is 0 Å². The Morgan fingerprint density at radius 2 is 1.91 bits per heavy atom. The van der Waals surface area contributed by atoms with Gasteiger partial charge in [-0.25, -0.2) is 4.39 Å². The van der Waals surface area contributed by atoms with Crippen LogP contribution < -0.4 is 4.90 Å². The third kappa shape index (κ3) is 3.64. The summed E-state index contributed by atoms with van der Waals surface area (Å²) < 4.78 is 14.7. The van der Waals surface area contributed by atoms with Gasteiger partial charge in [-0.05, 0) is 40.2 Å². The minimum Gasteiger partial charge on any atom is -0.367 e. The van der Waals surface area contributed by atoms with Crippen LogP contribution in [0.15, 0.2) is 41.1 Å². The maximum Gasteiger partial charge on any atom is 0.257 e. The first kappa shape index (κ1) is 16.2. The van der Waals surface area contributed by atoms with E-state index in [0.717, 1.165) is 10.2 Å². The van der Waals surface area contributed by atoms with Gasteiger partial charge in [0.1, 0.15) is 5.82 Å². The van der Waals surface area contributed by atoms with Crippen molar-refractivity contribution < 1.29 is 9.18 Å². The molecule has 0 atom stereocenters. The molecule has 0 aliphatic carbocycles. The zero-order chi connectivity index (χ0) is 16.4. The van der Waals surface area contributed by atoms with Crippen LogP contribution in [-0.2, 0) is 0 Å². The Morgan fingerprint density at radius 1 is 1.17 bits per heavy atom. The zero-order valence-electron chi connectivity index (χ0n) is 12.2. The second-order valence-corrected chi connectivity index (χ2v) is 6.62. The molecule has 2 aromatic rings. The monoisotopic (exact) mass is 397 g/mol. The summed E-state index contributed by atoms with van der Waals surface area (Å²) in [4.78, 5) is 20.4. The van der Waals surface area contributed by atoms with E-state index >= 15 is 0 Å². The minimum absolute atomic E-state index is 0.0232. The third-order valence-electron chi connectivity index (χ3n) is 3.78. The van der Waals surface area contributed by atoms with Crippen molar-refractivity contribution in [3.05, 3.63) is 57.5 Å². The maximum absolute atomic E-state index is 13.8. The zero-order valence-corrected chi connectivity index (χ0v) is 14.5. The molecule has 1 amide bonds. The highest BCUT2D eigenvalue weighted by Gasteiger charge is 2.24. The van der Waals surface area contributed by atoms with E-state index in [1.165, 1.54) is 18.2 Å². The van der Waals surface area contributed by atoms with Gasteiger partial charge in [-0.15, -0.1) is 0 Å². The van der Waals surface area contributed by atoms with Crippen LogP contribution >= 0.6 is 27.5 Å². The normalized spacial score (nSPS) is 14.9. The molecule has 0 bridgehead atoms. The topological polar surface area (TPSA) is 36.4 Å². The molecule has 1 aromatic heterocycles. The van der Waals surface area contributed by atoms with E-state index in [9.17, 15) is 9.18 Å². The van der Waals surface area contributed by atoms with E-state index in [1.54, 1.807) is 17.3 Å². The maximum atomic E-state index is 13.8. The average molecular weight is 399 g/mol. The summed E-state index contributed by atoms with van der Waals surface area (Å²) in [6.07, 6.45) is 3.52. The van der Waals surface area contributed by atoms with Crippen LogP contribution in [-0.4, -0.2) is 42.0 Å². The lowest BCUT2D eigenvalue weighted by Gasteiger charge is -2.36. The van der Waals surface area contributed by atoms with Crippen LogP contribution in [0.4, 0.5) is 10.1 Å². The van der Waals surface area contributed by atoms with Gasteiger partial charge in [-0.3, -0.25) is 9.78 Å². The number of benzene rings is 1. The fourth-order valence-electron chi connectivity index (χ4n) is 2.57. The first-order valence-electron chi connectivity index (χ1n) is 7.14. The average Bonchev–Trinajstić information content (AvgIpc) is 2.56. The molecule has 0 saturated carbocycles.